The summed E-state index contributed by atoms with van der Waals surface area (Å²) in [4.78, 5) is 31.6. The van der Waals surface area contributed by atoms with Crippen molar-refractivity contribution in [3.05, 3.63) is 81.0 Å². The SMILES string of the molecule is Cc1ccc(OC[C@@H]2c3ccsc3CCN2C(=O)CN(CC2CC2)C(=O)Nc2cccc(Cl)c2)cc1. The highest BCUT2D eigenvalue weighted by atomic mass is 35.5. The van der Waals surface area contributed by atoms with E-state index in [-0.39, 0.29) is 24.5 Å². The van der Waals surface area contributed by atoms with Gasteiger partial charge < -0.3 is 19.9 Å². The number of amides is 3. The fourth-order valence-corrected chi connectivity index (χ4v) is 5.66. The molecule has 1 saturated carbocycles. The van der Waals surface area contributed by atoms with Crippen LogP contribution in [0, 0.1) is 12.8 Å². The lowest BCUT2D eigenvalue weighted by molar-refractivity contribution is -0.135. The minimum absolute atomic E-state index is 0.0312. The molecular formula is C28H30ClN3O3S. The molecule has 2 aromatic carbocycles. The van der Waals surface area contributed by atoms with Crippen molar-refractivity contribution >= 4 is 40.6 Å². The first-order valence-corrected chi connectivity index (χ1v) is 13.6. The van der Waals surface area contributed by atoms with E-state index in [1.54, 1.807) is 40.5 Å². The first-order chi connectivity index (χ1) is 17.5. The Morgan fingerprint density at radius 2 is 1.97 bits per heavy atom. The standard InChI is InChI=1S/C28H30ClN3O3S/c1-19-5-9-23(10-6-19)35-18-25-24-12-14-36-26(24)11-13-32(25)27(33)17-31(16-20-7-8-20)28(34)30-22-4-2-3-21(29)15-22/h2-6,9-10,12,14-15,20,25H,7-8,11,13,16-18H2,1H3,(H,30,34)/t25-/m1/s1. The van der Waals surface area contributed by atoms with Crippen molar-refractivity contribution in [1.82, 2.24) is 9.80 Å². The average Bonchev–Trinajstić information content (AvgIpc) is 3.55. The molecule has 2 aliphatic rings. The van der Waals surface area contributed by atoms with Gasteiger partial charge in [-0.15, -0.1) is 11.3 Å². The number of fused-ring (bicyclic) bond motifs is 1. The number of urea groups is 1. The number of halogens is 1. The van der Waals surface area contributed by atoms with Crippen molar-refractivity contribution in [2.24, 2.45) is 5.92 Å². The smallest absolute Gasteiger partial charge is 0.322 e. The number of aryl methyl sites for hydroxylation is 1. The monoisotopic (exact) mass is 523 g/mol. The van der Waals surface area contributed by atoms with Crippen LogP contribution in [0.25, 0.3) is 0 Å². The Morgan fingerprint density at radius 3 is 2.72 bits per heavy atom. The van der Waals surface area contributed by atoms with E-state index in [2.05, 4.69) is 16.8 Å². The number of anilines is 1. The topological polar surface area (TPSA) is 61.9 Å². The van der Waals surface area contributed by atoms with Gasteiger partial charge in [0.15, 0.2) is 0 Å². The zero-order valence-corrected chi connectivity index (χ0v) is 21.9. The van der Waals surface area contributed by atoms with Crippen molar-refractivity contribution < 1.29 is 14.3 Å². The molecule has 0 unspecified atom stereocenters. The van der Waals surface area contributed by atoms with Crippen LogP contribution in [0.5, 0.6) is 5.75 Å². The van der Waals surface area contributed by atoms with Gasteiger partial charge in [-0.3, -0.25) is 4.79 Å². The van der Waals surface area contributed by atoms with E-state index < -0.39 is 0 Å². The Morgan fingerprint density at radius 1 is 1.17 bits per heavy atom. The van der Waals surface area contributed by atoms with Gasteiger partial charge in [-0.05, 0) is 79.4 Å². The molecule has 8 heteroatoms. The van der Waals surface area contributed by atoms with E-state index in [9.17, 15) is 9.59 Å². The fourth-order valence-electron chi connectivity index (χ4n) is 4.54. The number of ether oxygens (including phenoxy) is 1. The van der Waals surface area contributed by atoms with Crippen LogP contribution in [0.1, 0.15) is 34.9 Å². The summed E-state index contributed by atoms with van der Waals surface area (Å²) in [6.45, 7) is 3.62. The van der Waals surface area contributed by atoms with Crippen LogP contribution in [0.3, 0.4) is 0 Å². The van der Waals surface area contributed by atoms with E-state index in [0.29, 0.717) is 36.3 Å². The third-order valence-corrected chi connectivity index (χ3v) is 7.94. The quantitative estimate of drug-likeness (QED) is 0.384. The molecule has 1 aromatic heterocycles. The van der Waals surface area contributed by atoms with Crippen molar-refractivity contribution in [3.63, 3.8) is 0 Å². The molecule has 5 rings (SSSR count). The molecule has 1 N–H and O–H groups in total. The Bertz CT molecular complexity index is 1220. The second-order valence-corrected chi connectivity index (χ2v) is 11.0. The molecule has 6 nitrogen and oxygen atoms in total. The van der Waals surface area contributed by atoms with Crippen molar-refractivity contribution in [1.29, 1.82) is 0 Å². The molecule has 0 radical (unpaired) electrons. The van der Waals surface area contributed by atoms with Crippen LogP contribution in [0.15, 0.2) is 60.0 Å². The first kappa shape index (κ1) is 24.7. The molecule has 188 valence electrons. The number of rotatable bonds is 8. The minimum Gasteiger partial charge on any atom is -0.491 e. The Labute approximate surface area is 220 Å². The third-order valence-electron chi connectivity index (χ3n) is 6.71. The maximum Gasteiger partial charge on any atom is 0.322 e. The predicted octanol–water partition coefficient (Wildman–Crippen LogP) is 6.16. The fraction of sp³-hybridized carbons (Fsp3) is 0.357. The van der Waals surface area contributed by atoms with Crippen LogP contribution in [-0.4, -0.2) is 48.0 Å². The van der Waals surface area contributed by atoms with E-state index >= 15 is 0 Å². The number of benzene rings is 2. The summed E-state index contributed by atoms with van der Waals surface area (Å²) >= 11 is 7.81. The second kappa shape index (κ2) is 10.9. The number of hydrogen-bond acceptors (Lipinski definition) is 4. The summed E-state index contributed by atoms with van der Waals surface area (Å²) < 4.78 is 6.13. The first-order valence-electron chi connectivity index (χ1n) is 12.3. The van der Waals surface area contributed by atoms with Crippen LogP contribution in [-0.2, 0) is 11.2 Å². The summed E-state index contributed by atoms with van der Waals surface area (Å²) in [5.41, 5.74) is 2.93. The minimum atomic E-state index is -0.279. The number of thiophene rings is 1. The van der Waals surface area contributed by atoms with Gasteiger partial charge in [-0.1, -0.05) is 35.4 Å². The van der Waals surface area contributed by atoms with Crippen molar-refractivity contribution in [3.8, 4) is 5.75 Å². The summed E-state index contributed by atoms with van der Waals surface area (Å²) in [6.07, 6.45) is 2.99. The van der Waals surface area contributed by atoms with Crippen LogP contribution < -0.4 is 10.1 Å². The maximum atomic E-state index is 13.7. The molecular weight excluding hydrogens is 494 g/mol. The largest absolute Gasteiger partial charge is 0.491 e. The normalized spacial score (nSPS) is 16.8. The molecule has 0 saturated heterocycles. The molecule has 0 bridgehead atoms. The highest BCUT2D eigenvalue weighted by Crippen LogP contribution is 2.35. The molecule has 3 amide bonds. The van der Waals surface area contributed by atoms with Gasteiger partial charge in [0, 0.05) is 28.7 Å². The predicted molar refractivity (Wildman–Crippen MR) is 144 cm³/mol. The third kappa shape index (κ3) is 6.02. The average molecular weight is 524 g/mol. The van der Waals surface area contributed by atoms with Gasteiger partial charge in [-0.2, -0.15) is 0 Å². The summed E-state index contributed by atoms with van der Waals surface area (Å²) in [5, 5.41) is 5.54. The van der Waals surface area contributed by atoms with E-state index in [4.69, 9.17) is 16.3 Å². The second-order valence-electron chi connectivity index (χ2n) is 9.54. The number of carbonyl (C=O) groups is 2. The zero-order chi connectivity index (χ0) is 25.1. The summed E-state index contributed by atoms with van der Waals surface area (Å²) in [6, 6.07) is 16.6. The van der Waals surface area contributed by atoms with Crippen molar-refractivity contribution in [2.45, 2.75) is 32.2 Å². The number of carbonyl (C=O) groups excluding carboxylic acids is 2. The van der Waals surface area contributed by atoms with E-state index in [1.165, 1.54) is 10.4 Å². The zero-order valence-electron chi connectivity index (χ0n) is 20.3. The molecule has 3 aromatic rings. The summed E-state index contributed by atoms with van der Waals surface area (Å²) in [7, 11) is 0. The van der Waals surface area contributed by atoms with Gasteiger partial charge in [0.25, 0.3) is 0 Å². The maximum absolute atomic E-state index is 13.7. The number of nitrogens with one attached hydrogen (secondary N) is 1. The molecule has 1 fully saturated rings. The Hall–Kier alpha value is -3.03. The van der Waals surface area contributed by atoms with Crippen LogP contribution in [0.2, 0.25) is 5.02 Å². The molecule has 1 aliphatic carbocycles. The van der Waals surface area contributed by atoms with Gasteiger partial charge in [0.05, 0.1) is 6.04 Å². The van der Waals surface area contributed by atoms with Crippen molar-refractivity contribution in [2.75, 3.05) is 31.6 Å². The van der Waals surface area contributed by atoms with Gasteiger partial charge in [-0.25, -0.2) is 4.79 Å². The lowest BCUT2D eigenvalue weighted by Crippen LogP contribution is -2.49. The molecule has 1 atom stereocenters. The lowest BCUT2D eigenvalue weighted by Gasteiger charge is -2.37. The Kier molecular flexibility index (Phi) is 7.48. The summed E-state index contributed by atoms with van der Waals surface area (Å²) in [5.74, 6) is 1.17. The van der Waals surface area contributed by atoms with Gasteiger partial charge >= 0.3 is 6.03 Å². The molecule has 1 aliphatic heterocycles. The number of hydrogen-bond donors (Lipinski definition) is 1. The van der Waals surface area contributed by atoms with E-state index in [0.717, 1.165) is 30.6 Å². The lowest BCUT2D eigenvalue weighted by atomic mass is 10.0. The van der Waals surface area contributed by atoms with Gasteiger partial charge in [0.1, 0.15) is 18.9 Å². The Balaban J connectivity index is 1.30. The van der Waals surface area contributed by atoms with Crippen LogP contribution in [0.4, 0.5) is 10.5 Å². The highest BCUT2D eigenvalue weighted by molar-refractivity contribution is 7.10. The molecule has 0 spiro atoms. The molecule has 2 heterocycles. The molecule has 36 heavy (non-hydrogen) atoms. The van der Waals surface area contributed by atoms with Gasteiger partial charge in [0.2, 0.25) is 5.91 Å². The van der Waals surface area contributed by atoms with Crippen LogP contribution >= 0.6 is 22.9 Å². The highest BCUT2D eigenvalue weighted by Gasteiger charge is 2.35. The number of nitrogens with zero attached hydrogens (tertiary/aromatic N) is 2. The van der Waals surface area contributed by atoms with E-state index in [1.807, 2.05) is 36.1 Å².